The Morgan fingerprint density at radius 2 is 1.00 bits per heavy atom. The van der Waals surface area contributed by atoms with Gasteiger partial charge in [-0.3, -0.25) is 0 Å². The molecule has 1 aliphatic carbocycles. The van der Waals surface area contributed by atoms with Gasteiger partial charge in [-0.2, -0.15) is 0 Å². The van der Waals surface area contributed by atoms with Crippen molar-refractivity contribution in [2.24, 2.45) is 0 Å². The lowest BCUT2D eigenvalue weighted by Gasteiger charge is -2.05. The highest BCUT2D eigenvalue weighted by Crippen LogP contribution is 2.15. The molecule has 0 heterocycles. The molecule has 1 saturated carbocycles. The molecule has 0 spiro atoms. The fraction of sp³-hybridized carbons (Fsp3) is 1.00. The maximum absolute atomic E-state index is 2.00. The van der Waals surface area contributed by atoms with Crippen molar-refractivity contribution < 1.29 is 1.43 Å². The van der Waals surface area contributed by atoms with Crippen molar-refractivity contribution in [3.8, 4) is 0 Å². The first-order chi connectivity index (χ1) is 3.00. The topological polar surface area (TPSA) is 0 Å². The van der Waals surface area contributed by atoms with Gasteiger partial charge in [0, 0.05) is 1.43 Å². The minimum Gasteiger partial charge on any atom is -0.0683 e. The van der Waals surface area contributed by atoms with Crippen molar-refractivity contribution in [1.29, 1.82) is 0 Å². The number of rotatable bonds is 0. The summed E-state index contributed by atoms with van der Waals surface area (Å²) in [5, 5.41) is 0. The zero-order valence-electron chi connectivity index (χ0n) is 4.83. The zero-order valence-corrected chi connectivity index (χ0v) is 4.83. The summed E-state index contributed by atoms with van der Waals surface area (Å²) in [4.78, 5) is 0. The Hall–Kier alpha value is 0. The maximum Gasteiger partial charge on any atom is 0 e. The Bertz CT molecular complexity index is 12.1. The SMILES string of the molecule is C1CCC1.CC.[HH]. The summed E-state index contributed by atoms with van der Waals surface area (Å²) in [6, 6.07) is 0. The molecular formula is C6H16. The van der Waals surface area contributed by atoms with E-state index in [0.29, 0.717) is 0 Å². The summed E-state index contributed by atoms with van der Waals surface area (Å²) >= 11 is 0. The van der Waals surface area contributed by atoms with Gasteiger partial charge in [-0.15, -0.1) is 0 Å². The van der Waals surface area contributed by atoms with Crippen LogP contribution in [0, 0.1) is 0 Å². The first kappa shape index (κ1) is 6.00. The van der Waals surface area contributed by atoms with Crippen LogP contribution in [0.3, 0.4) is 0 Å². The third-order valence-electron chi connectivity index (χ3n) is 1.000. The van der Waals surface area contributed by atoms with E-state index in [-0.39, 0.29) is 1.43 Å². The molecule has 0 aromatic rings. The predicted molar refractivity (Wildman–Crippen MR) is 31.9 cm³/mol. The summed E-state index contributed by atoms with van der Waals surface area (Å²) in [6.07, 6.45) is 6.00. The minimum atomic E-state index is 0. The smallest absolute Gasteiger partial charge is 0 e. The third-order valence-corrected chi connectivity index (χ3v) is 1.000. The summed E-state index contributed by atoms with van der Waals surface area (Å²) in [7, 11) is 0. The van der Waals surface area contributed by atoms with Crippen LogP contribution in [0.4, 0.5) is 0 Å². The lowest BCUT2D eigenvalue weighted by Crippen LogP contribution is -1.85. The molecule has 0 saturated heterocycles. The molecule has 0 aromatic heterocycles. The van der Waals surface area contributed by atoms with E-state index in [2.05, 4.69) is 0 Å². The standard InChI is InChI=1S/C4H8.C2H6.H2/c1-2-4-3-1;1-2;/h1-4H2;1-2H3;1H. The second kappa shape index (κ2) is 5.00. The molecule has 0 bridgehead atoms. The highest BCUT2D eigenvalue weighted by atomic mass is 14.0. The first-order valence-corrected chi connectivity index (χ1v) is 3.00. The van der Waals surface area contributed by atoms with E-state index in [9.17, 15) is 0 Å². The van der Waals surface area contributed by atoms with Crippen LogP contribution in [-0.4, -0.2) is 0 Å². The Balaban J connectivity index is 0. The molecule has 1 fully saturated rings. The van der Waals surface area contributed by atoms with Gasteiger partial charge >= 0.3 is 0 Å². The van der Waals surface area contributed by atoms with Crippen molar-refractivity contribution in [3.05, 3.63) is 0 Å². The quantitative estimate of drug-likeness (QED) is 0.427. The monoisotopic (exact) mass is 88.1 g/mol. The summed E-state index contributed by atoms with van der Waals surface area (Å²) in [6.45, 7) is 4.00. The van der Waals surface area contributed by atoms with Crippen molar-refractivity contribution in [1.82, 2.24) is 0 Å². The summed E-state index contributed by atoms with van der Waals surface area (Å²) < 4.78 is 0. The molecule has 0 N–H and O–H groups in total. The molecular weight excluding hydrogens is 72.1 g/mol. The van der Waals surface area contributed by atoms with Crippen LogP contribution in [0.5, 0.6) is 0 Å². The molecule has 0 nitrogen and oxygen atoms in total. The van der Waals surface area contributed by atoms with Gasteiger partial charge in [0.25, 0.3) is 0 Å². The van der Waals surface area contributed by atoms with Crippen LogP contribution in [0.2, 0.25) is 0 Å². The average molecular weight is 88.2 g/mol. The molecule has 1 rings (SSSR count). The second-order valence-electron chi connectivity index (χ2n) is 1.41. The van der Waals surface area contributed by atoms with Crippen LogP contribution < -0.4 is 0 Å². The van der Waals surface area contributed by atoms with E-state index in [1.165, 1.54) is 25.7 Å². The number of hydrogen-bond donors (Lipinski definition) is 0. The molecule has 0 heteroatoms. The fourth-order valence-electron chi connectivity index (χ4n) is 0.250. The van der Waals surface area contributed by atoms with Gasteiger partial charge in [0.2, 0.25) is 0 Å². The Labute approximate surface area is 42.0 Å². The summed E-state index contributed by atoms with van der Waals surface area (Å²) in [5.41, 5.74) is 0. The molecule has 0 radical (unpaired) electrons. The minimum absolute atomic E-state index is 0. The number of hydrogen-bond acceptors (Lipinski definition) is 0. The molecule has 0 unspecified atom stereocenters. The van der Waals surface area contributed by atoms with E-state index in [0.717, 1.165) is 0 Å². The highest BCUT2D eigenvalue weighted by Gasteiger charge is 1.95. The third kappa shape index (κ3) is 2.25. The Morgan fingerprint density at radius 3 is 1.00 bits per heavy atom. The Morgan fingerprint density at radius 1 is 0.833 bits per heavy atom. The molecule has 0 atom stereocenters. The van der Waals surface area contributed by atoms with Crippen molar-refractivity contribution in [2.75, 3.05) is 0 Å². The lowest BCUT2D eigenvalue weighted by molar-refractivity contribution is 0.504. The van der Waals surface area contributed by atoms with Crippen LogP contribution in [0.1, 0.15) is 41.0 Å². The highest BCUT2D eigenvalue weighted by molar-refractivity contribution is 4.50. The maximum atomic E-state index is 2.00. The van der Waals surface area contributed by atoms with Crippen molar-refractivity contribution in [2.45, 2.75) is 39.5 Å². The van der Waals surface area contributed by atoms with Crippen LogP contribution in [0.25, 0.3) is 0 Å². The van der Waals surface area contributed by atoms with Crippen molar-refractivity contribution in [3.63, 3.8) is 0 Å². The molecule has 0 amide bonds. The van der Waals surface area contributed by atoms with Gasteiger partial charge in [0.05, 0.1) is 0 Å². The zero-order chi connectivity index (χ0) is 4.83. The summed E-state index contributed by atoms with van der Waals surface area (Å²) in [5.74, 6) is 0. The normalized spacial score (nSPS) is 17.0. The average Bonchev–Trinajstić information content (AvgIpc) is 1.36. The van der Waals surface area contributed by atoms with E-state index < -0.39 is 0 Å². The van der Waals surface area contributed by atoms with E-state index in [1.807, 2.05) is 13.8 Å². The molecule has 0 aromatic carbocycles. The largest absolute Gasteiger partial charge is 0.0683 e. The molecule has 1 aliphatic rings. The molecule has 40 valence electrons. The van der Waals surface area contributed by atoms with Gasteiger partial charge in [-0.1, -0.05) is 39.5 Å². The van der Waals surface area contributed by atoms with E-state index in [1.54, 1.807) is 0 Å². The predicted octanol–water partition coefficient (Wildman–Crippen LogP) is 2.83. The van der Waals surface area contributed by atoms with E-state index in [4.69, 9.17) is 0 Å². The van der Waals surface area contributed by atoms with Crippen LogP contribution >= 0.6 is 0 Å². The Kier molecular flexibility index (Phi) is 5.00. The van der Waals surface area contributed by atoms with Gasteiger partial charge in [0.15, 0.2) is 0 Å². The lowest BCUT2D eigenvalue weighted by atomic mass is 10.0. The second-order valence-corrected chi connectivity index (χ2v) is 1.41. The molecule has 0 aliphatic heterocycles. The van der Waals surface area contributed by atoms with Crippen LogP contribution in [-0.2, 0) is 0 Å². The van der Waals surface area contributed by atoms with Gasteiger partial charge in [-0.25, -0.2) is 0 Å². The molecule has 6 heavy (non-hydrogen) atoms. The fourth-order valence-corrected chi connectivity index (χ4v) is 0.250. The van der Waals surface area contributed by atoms with Gasteiger partial charge < -0.3 is 0 Å². The first-order valence-electron chi connectivity index (χ1n) is 3.00. The van der Waals surface area contributed by atoms with Gasteiger partial charge in [0.1, 0.15) is 0 Å². The van der Waals surface area contributed by atoms with Crippen LogP contribution in [0.15, 0.2) is 0 Å². The van der Waals surface area contributed by atoms with E-state index >= 15 is 0 Å². The van der Waals surface area contributed by atoms with Crippen molar-refractivity contribution >= 4 is 0 Å². The van der Waals surface area contributed by atoms with Gasteiger partial charge in [-0.05, 0) is 0 Å².